The van der Waals surface area contributed by atoms with Gasteiger partial charge < -0.3 is 14.8 Å². The maximum atomic E-state index is 10.9. The third-order valence-corrected chi connectivity index (χ3v) is 2.74. The normalized spacial score (nSPS) is 11.7. The van der Waals surface area contributed by atoms with Gasteiger partial charge in [-0.05, 0) is 6.07 Å². The Morgan fingerprint density at radius 2 is 2.26 bits per heavy atom. The van der Waals surface area contributed by atoms with Gasteiger partial charge in [0.25, 0.3) is 11.7 Å². The van der Waals surface area contributed by atoms with E-state index in [2.05, 4.69) is 10.3 Å². The SMILES string of the molecule is CC(C)(CO)CNc1nc2c([N+](=O)[O-])cccc2o1. The number of fused-ring (bicyclic) bond motifs is 1. The first-order valence-electron chi connectivity index (χ1n) is 5.82. The Hall–Kier alpha value is -2.15. The van der Waals surface area contributed by atoms with Gasteiger partial charge in [0.2, 0.25) is 0 Å². The number of anilines is 1. The molecule has 1 heterocycles. The van der Waals surface area contributed by atoms with Crippen molar-refractivity contribution in [2.75, 3.05) is 18.5 Å². The largest absolute Gasteiger partial charge is 0.423 e. The molecule has 19 heavy (non-hydrogen) atoms. The number of nitrogens with one attached hydrogen (secondary N) is 1. The molecule has 0 aliphatic carbocycles. The monoisotopic (exact) mass is 265 g/mol. The number of aliphatic hydroxyl groups excluding tert-OH is 1. The van der Waals surface area contributed by atoms with Crippen LogP contribution in [0.2, 0.25) is 0 Å². The zero-order chi connectivity index (χ0) is 14.0. The van der Waals surface area contributed by atoms with Crippen LogP contribution in [-0.4, -0.2) is 28.2 Å². The molecule has 102 valence electrons. The van der Waals surface area contributed by atoms with Gasteiger partial charge in [0, 0.05) is 24.6 Å². The molecule has 1 aromatic heterocycles. The van der Waals surface area contributed by atoms with Crippen molar-refractivity contribution in [3.05, 3.63) is 28.3 Å². The highest BCUT2D eigenvalue weighted by Crippen LogP contribution is 2.27. The fourth-order valence-electron chi connectivity index (χ4n) is 1.53. The van der Waals surface area contributed by atoms with Crippen LogP contribution >= 0.6 is 0 Å². The summed E-state index contributed by atoms with van der Waals surface area (Å²) in [7, 11) is 0. The number of hydrogen-bond acceptors (Lipinski definition) is 6. The molecule has 0 bridgehead atoms. The lowest BCUT2D eigenvalue weighted by atomic mass is 9.95. The minimum absolute atomic E-state index is 0.0143. The van der Waals surface area contributed by atoms with Crippen molar-refractivity contribution in [3.8, 4) is 0 Å². The lowest BCUT2D eigenvalue weighted by Gasteiger charge is -2.20. The fourth-order valence-corrected chi connectivity index (χ4v) is 1.53. The van der Waals surface area contributed by atoms with E-state index in [1.807, 2.05) is 13.8 Å². The summed E-state index contributed by atoms with van der Waals surface area (Å²) in [5.41, 5.74) is 0.165. The van der Waals surface area contributed by atoms with Crippen LogP contribution in [0.1, 0.15) is 13.8 Å². The molecule has 0 saturated carbocycles. The molecule has 7 heteroatoms. The molecule has 7 nitrogen and oxygen atoms in total. The van der Waals surface area contributed by atoms with Crippen molar-refractivity contribution in [1.29, 1.82) is 0 Å². The van der Waals surface area contributed by atoms with E-state index in [9.17, 15) is 10.1 Å². The molecule has 0 unspecified atom stereocenters. The van der Waals surface area contributed by atoms with E-state index in [0.29, 0.717) is 12.1 Å². The van der Waals surface area contributed by atoms with Gasteiger partial charge >= 0.3 is 0 Å². The summed E-state index contributed by atoms with van der Waals surface area (Å²) in [5.74, 6) is 0. The first-order chi connectivity index (χ1) is 8.93. The molecule has 2 rings (SSSR count). The highest BCUT2D eigenvalue weighted by molar-refractivity contribution is 5.83. The molecule has 0 radical (unpaired) electrons. The predicted molar refractivity (Wildman–Crippen MR) is 70.0 cm³/mol. The number of non-ortho nitro benzene ring substituents is 1. The maximum Gasteiger partial charge on any atom is 0.298 e. The lowest BCUT2D eigenvalue weighted by Crippen LogP contribution is -2.26. The van der Waals surface area contributed by atoms with Gasteiger partial charge in [-0.3, -0.25) is 10.1 Å². The van der Waals surface area contributed by atoms with Crippen LogP contribution in [0.4, 0.5) is 11.7 Å². The molecule has 0 fully saturated rings. The summed E-state index contributed by atoms with van der Waals surface area (Å²) >= 11 is 0. The first-order valence-corrected chi connectivity index (χ1v) is 5.82. The van der Waals surface area contributed by atoms with Crippen LogP contribution in [0.15, 0.2) is 22.6 Å². The number of hydrogen-bond donors (Lipinski definition) is 2. The number of oxazole rings is 1. The Morgan fingerprint density at radius 1 is 1.53 bits per heavy atom. The van der Waals surface area contributed by atoms with Crippen molar-refractivity contribution < 1.29 is 14.4 Å². The van der Waals surface area contributed by atoms with E-state index in [1.54, 1.807) is 12.1 Å². The molecule has 2 aromatic rings. The molecule has 0 saturated heterocycles. The second kappa shape index (κ2) is 4.85. The zero-order valence-electron chi connectivity index (χ0n) is 10.7. The van der Waals surface area contributed by atoms with Gasteiger partial charge in [-0.2, -0.15) is 4.98 Å². The minimum atomic E-state index is -0.494. The van der Waals surface area contributed by atoms with Crippen molar-refractivity contribution in [2.45, 2.75) is 13.8 Å². The predicted octanol–water partition coefficient (Wildman–Crippen LogP) is 2.17. The number of benzene rings is 1. The van der Waals surface area contributed by atoms with Crippen LogP contribution in [-0.2, 0) is 0 Å². The smallest absolute Gasteiger partial charge is 0.298 e. The number of nitro benzene ring substituents is 1. The first kappa shape index (κ1) is 13.3. The summed E-state index contributed by atoms with van der Waals surface area (Å²) in [5, 5.41) is 22.9. The van der Waals surface area contributed by atoms with Crippen LogP contribution < -0.4 is 5.32 Å². The van der Waals surface area contributed by atoms with Crippen LogP contribution in [0.3, 0.4) is 0 Å². The van der Waals surface area contributed by atoms with Gasteiger partial charge in [0.05, 0.1) is 4.92 Å². The van der Waals surface area contributed by atoms with Crippen LogP contribution in [0.5, 0.6) is 0 Å². The van der Waals surface area contributed by atoms with Gasteiger partial charge in [0.1, 0.15) is 0 Å². The van der Waals surface area contributed by atoms with E-state index < -0.39 is 4.92 Å². The molecule has 2 N–H and O–H groups in total. The number of para-hydroxylation sites is 1. The number of nitrogens with zero attached hydrogens (tertiary/aromatic N) is 2. The second-order valence-electron chi connectivity index (χ2n) is 5.08. The van der Waals surface area contributed by atoms with Gasteiger partial charge in [-0.1, -0.05) is 19.9 Å². The number of rotatable bonds is 5. The molecule has 0 amide bonds. The quantitative estimate of drug-likeness (QED) is 0.634. The lowest BCUT2D eigenvalue weighted by molar-refractivity contribution is -0.383. The summed E-state index contributed by atoms with van der Waals surface area (Å²) in [4.78, 5) is 14.4. The Bertz CT molecular complexity index is 606. The zero-order valence-corrected chi connectivity index (χ0v) is 10.7. The molecule has 0 aliphatic heterocycles. The van der Waals surface area contributed by atoms with E-state index in [4.69, 9.17) is 9.52 Å². The van der Waals surface area contributed by atoms with Crippen molar-refractivity contribution in [3.63, 3.8) is 0 Å². The third kappa shape index (κ3) is 2.82. The number of aromatic nitrogens is 1. The Balaban J connectivity index is 2.27. The van der Waals surface area contributed by atoms with E-state index in [0.717, 1.165) is 0 Å². The summed E-state index contributed by atoms with van der Waals surface area (Å²) in [6.07, 6.45) is 0. The molecular weight excluding hydrogens is 250 g/mol. The molecular formula is C12H15N3O4. The molecule has 0 aliphatic rings. The Kier molecular flexibility index (Phi) is 3.39. The average Bonchev–Trinajstić information content (AvgIpc) is 2.79. The third-order valence-electron chi connectivity index (χ3n) is 2.74. The van der Waals surface area contributed by atoms with Crippen molar-refractivity contribution >= 4 is 22.8 Å². The van der Waals surface area contributed by atoms with E-state index in [1.165, 1.54) is 6.07 Å². The van der Waals surface area contributed by atoms with E-state index >= 15 is 0 Å². The highest BCUT2D eigenvalue weighted by Gasteiger charge is 2.20. The Morgan fingerprint density at radius 3 is 2.89 bits per heavy atom. The second-order valence-corrected chi connectivity index (χ2v) is 5.08. The average molecular weight is 265 g/mol. The van der Waals surface area contributed by atoms with Crippen molar-refractivity contribution in [2.24, 2.45) is 5.41 Å². The number of aliphatic hydroxyl groups is 1. The minimum Gasteiger partial charge on any atom is -0.423 e. The van der Waals surface area contributed by atoms with Crippen LogP contribution in [0, 0.1) is 15.5 Å². The van der Waals surface area contributed by atoms with Gasteiger partial charge in [-0.15, -0.1) is 0 Å². The van der Waals surface area contributed by atoms with Gasteiger partial charge in [-0.25, -0.2) is 0 Å². The standard InChI is InChI=1S/C12H15N3O4/c1-12(2,7-16)6-13-11-14-10-8(15(17)18)4-3-5-9(10)19-11/h3-5,16H,6-7H2,1-2H3,(H,13,14). The van der Waals surface area contributed by atoms with Gasteiger partial charge in [0.15, 0.2) is 11.1 Å². The molecule has 0 spiro atoms. The number of nitro groups is 1. The molecule has 1 aromatic carbocycles. The summed E-state index contributed by atoms with van der Waals surface area (Å²) in [6.45, 7) is 4.22. The Labute approximate surface area is 109 Å². The summed E-state index contributed by atoms with van der Waals surface area (Å²) < 4.78 is 5.39. The highest BCUT2D eigenvalue weighted by atomic mass is 16.6. The van der Waals surface area contributed by atoms with Crippen molar-refractivity contribution in [1.82, 2.24) is 4.98 Å². The molecule has 0 atom stereocenters. The fraction of sp³-hybridized carbons (Fsp3) is 0.417. The van der Waals surface area contributed by atoms with Crippen LogP contribution in [0.25, 0.3) is 11.1 Å². The van der Waals surface area contributed by atoms with E-state index in [-0.39, 0.29) is 29.2 Å². The maximum absolute atomic E-state index is 10.9. The summed E-state index contributed by atoms with van der Waals surface area (Å²) in [6, 6.07) is 4.77. The topological polar surface area (TPSA) is 101 Å².